The molecule has 86 valence electrons. The van der Waals surface area contributed by atoms with Crippen LogP contribution in [0.3, 0.4) is 0 Å². The molecule has 0 aliphatic carbocycles. The van der Waals surface area contributed by atoms with Crippen LogP contribution in [0.25, 0.3) is 0 Å². The Morgan fingerprint density at radius 2 is 2.12 bits per heavy atom. The number of benzene rings is 1. The van der Waals surface area contributed by atoms with Crippen LogP contribution in [0.1, 0.15) is 12.8 Å². The van der Waals surface area contributed by atoms with Gasteiger partial charge in [-0.2, -0.15) is 0 Å². The first-order valence-electron chi connectivity index (χ1n) is 5.37. The van der Waals surface area contributed by atoms with Crippen LogP contribution in [-0.2, 0) is 0 Å². The van der Waals surface area contributed by atoms with Crippen LogP contribution >= 0.6 is 0 Å². The van der Waals surface area contributed by atoms with E-state index in [9.17, 15) is 10.1 Å². The first kappa shape index (κ1) is 10.9. The summed E-state index contributed by atoms with van der Waals surface area (Å²) in [6, 6.07) is 8.85. The Kier molecular flexibility index (Phi) is 3.36. The highest BCUT2D eigenvalue weighted by Gasteiger charge is 2.29. The third-order valence-corrected chi connectivity index (χ3v) is 2.64. The Morgan fingerprint density at radius 1 is 1.38 bits per heavy atom. The summed E-state index contributed by atoms with van der Waals surface area (Å²) in [6.07, 6.45) is 1.44. The van der Waals surface area contributed by atoms with Gasteiger partial charge in [0.1, 0.15) is 12.3 Å². The maximum absolute atomic E-state index is 10.7. The fraction of sp³-hybridized carbons (Fsp3) is 0.455. The molecule has 0 saturated carbocycles. The molecule has 5 nitrogen and oxygen atoms in total. The maximum Gasteiger partial charge on any atom is 0.229 e. The smallest absolute Gasteiger partial charge is 0.229 e. The van der Waals surface area contributed by atoms with Gasteiger partial charge >= 0.3 is 0 Å². The molecule has 2 rings (SSSR count). The summed E-state index contributed by atoms with van der Waals surface area (Å²) in [5.74, 6) is 0.728. The lowest BCUT2D eigenvalue weighted by atomic mass is 10.1. The van der Waals surface area contributed by atoms with Gasteiger partial charge in [-0.15, -0.1) is 5.06 Å². The second-order valence-corrected chi connectivity index (χ2v) is 3.87. The van der Waals surface area contributed by atoms with E-state index in [-0.39, 0.29) is 4.92 Å². The van der Waals surface area contributed by atoms with Gasteiger partial charge in [-0.3, -0.25) is 10.1 Å². The number of nitro groups is 1. The molecule has 0 aromatic heterocycles. The fourth-order valence-electron chi connectivity index (χ4n) is 1.81. The van der Waals surface area contributed by atoms with E-state index in [1.165, 1.54) is 0 Å². The predicted molar refractivity (Wildman–Crippen MR) is 58.7 cm³/mol. The summed E-state index contributed by atoms with van der Waals surface area (Å²) in [7, 11) is 0. The summed E-state index contributed by atoms with van der Waals surface area (Å²) in [5, 5.41) is 12.3. The lowest BCUT2D eigenvalue weighted by Crippen LogP contribution is -2.43. The lowest BCUT2D eigenvalue weighted by molar-refractivity contribution is -0.529. The average molecular weight is 222 g/mol. The summed E-state index contributed by atoms with van der Waals surface area (Å²) in [6.45, 7) is 1.11. The molecule has 1 aliphatic rings. The number of para-hydroxylation sites is 1. The zero-order chi connectivity index (χ0) is 11.4. The lowest BCUT2D eigenvalue weighted by Gasteiger charge is -2.27. The Labute approximate surface area is 93.7 Å². The van der Waals surface area contributed by atoms with Crippen LogP contribution in [-0.4, -0.2) is 29.1 Å². The highest BCUT2D eigenvalue weighted by Crippen LogP contribution is 2.16. The molecule has 16 heavy (non-hydrogen) atoms. The van der Waals surface area contributed by atoms with E-state index in [1.807, 2.05) is 30.3 Å². The van der Waals surface area contributed by atoms with Crippen molar-refractivity contribution in [3.05, 3.63) is 40.4 Å². The van der Waals surface area contributed by atoms with Gasteiger partial charge in [-0.1, -0.05) is 18.2 Å². The molecule has 0 N–H and O–H groups in total. The van der Waals surface area contributed by atoms with Crippen molar-refractivity contribution in [3.63, 3.8) is 0 Å². The molecule has 0 amide bonds. The van der Waals surface area contributed by atoms with Crippen molar-refractivity contribution in [1.29, 1.82) is 0 Å². The van der Waals surface area contributed by atoms with Crippen molar-refractivity contribution in [3.8, 4) is 5.75 Å². The minimum Gasteiger partial charge on any atom is -0.406 e. The van der Waals surface area contributed by atoms with E-state index in [0.717, 1.165) is 18.7 Å². The number of hydroxylamine groups is 2. The van der Waals surface area contributed by atoms with Crippen LogP contribution in [0.4, 0.5) is 0 Å². The number of piperidine rings is 1. The van der Waals surface area contributed by atoms with Gasteiger partial charge in [-0.25, -0.2) is 0 Å². The second-order valence-electron chi connectivity index (χ2n) is 3.87. The van der Waals surface area contributed by atoms with Gasteiger partial charge in [0.15, 0.2) is 0 Å². The maximum atomic E-state index is 10.7. The van der Waals surface area contributed by atoms with Crippen molar-refractivity contribution in [1.82, 2.24) is 5.06 Å². The molecule has 5 heteroatoms. The van der Waals surface area contributed by atoms with Gasteiger partial charge in [0.25, 0.3) is 0 Å². The Hall–Kier alpha value is -1.62. The summed E-state index contributed by atoms with van der Waals surface area (Å²) in [5.41, 5.74) is 0. The van der Waals surface area contributed by atoms with Crippen molar-refractivity contribution < 1.29 is 9.76 Å². The third-order valence-electron chi connectivity index (χ3n) is 2.64. The molecular formula is C11H14N2O3. The van der Waals surface area contributed by atoms with Crippen molar-refractivity contribution in [2.45, 2.75) is 18.9 Å². The Bertz CT molecular complexity index is 356. The van der Waals surface area contributed by atoms with Gasteiger partial charge in [0.2, 0.25) is 6.04 Å². The van der Waals surface area contributed by atoms with E-state index in [1.54, 1.807) is 5.06 Å². The standard InChI is InChI=1S/C11H14N2O3/c14-13(15)10-5-4-8-12(9-10)16-11-6-2-1-3-7-11/h1-3,6-7,10H,4-5,8-9H2. The minimum absolute atomic E-state index is 0.222. The quantitative estimate of drug-likeness (QED) is 0.577. The van der Waals surface area contributed by atoms with Gasteiger partial charge < -0.3 is 4.84 Å². The number of hydrogen-bond donors (Lipinski definition) is 0. The van der Waals surface area contributed by atoms with Crippen LogP contribution < -0.4 is 4.84 Å². The molecule has 1 unspecified atom stereocenters. The highest BCUT2D eigenvalue weighted by molar-refractivity contribution is 5.20. The molecule has 1 aromatic rings. The third kappa shape index (κ3) is 2.70. The second kappa shape index (κ2) is 4.94. The van der Waals surface area contributed by atoms with Crippen LogP contribution in [0.2, 0.25) is 0 Å². The first-order chi connectivity index (χ1) is 7.75. The van der Waals surface area contributed by atoms with Crippen molar-refractivity contribution in [2.75, 3.05) is 13.1 Å². The van der Waals surface area contributed by atoms with Crippen molar-refractivity contribution in [2.24, 2.45) is 0 Å². The van der Waals surface area contributed by atoms with E-state index in [0.29, 0.717) is 13.0 Å². The number of hydrogen-bond acceptors (Lipinski definition) is 4. The zero-order valence-electron chi connectivity index (χ0n) is 8.91. The molecular weight excluding hydrogens is 208 g/mol. The van der Waals surface area contributed by atoms with Crippen LogP contribution in [0.15, 0.2) is 30.3 Å². The fourth-order valence-corrected chi connectivity index (χ4v) is 1.81. The highest BCUT2D eigenvalue weighted by atomic mass is 16.7. The normalized spacial score (nSPS) is 21.6. The first-order valence-corrected chi connectivity index (χ1v) is 5.37. The van der Waals surface area contributed by atoms with Crippen LogP contribution in [0.5, 0.6) is 5.75 Å². The largest absolute Gasteiger partial charge is 0.406 e. The Balaban J connectivity index is 1.93. The van der Waals surface area contributed by atoms with Gasteiger partial charge in [-0.05, 0) is 18.6 Å². The summed E-state index contributed by atoms with van der Waals surface area (Å²) >= 11 is 0. The Morgan fingerprint density at radius 3 is 2.81 bits per heavy atom. The van der Waals surface area contributed by atoms with E-state index in [4.69, 9.17) is 4.84 Å². The SMILES string of the molecule is O=[N+]([O-])C1CCCN(Oc2ccccc2)C1. The topological polar surface area (TPSA) is 55.6 Å². The number of rotatable bonds is 3. The predicted octanol–water partition coefficient (Wildman–Crippen LogP) is 1.72. The molecule has 1 aromatic carbocycles. The van der Waals surface area contributed by atoms with E-state index < -0.39 is 6.04 Å². The molecule has 0 bridgehead atoms. The summed E-state index contributed by atoms with van der Waals surface area (Å²) < 4.78 is 0. The summed E-state index contributed by atoms with van der Waals surface area (Å²) in [4.78, 5) is 16.0. The molecule has 1 saturated heterocycles. The molecule has 1 heterocycles. The van der Waals surface area contributed by atoms with Gasteiger partial charge in [0.05, 0.1) is 0 Å². The molecule has 1 fully saturated rings. The molecule has 1 aliphatic heterocycles. The van der Waals surface area contributed by atoms with E-state index in [2.05, 4.69) is 0 Å². The number of nitrogens with zero attached hydrogens (tertiary/aromatic N) is 2. The van der Waals surface area contributed by atoms with Crippen LogP contribution in [0, 0.1) is 10.1 Å². The molecule has 0 spiro atoms. The molecule has 0 radical (unpaired) electrons. The zero-order valence-corrected chi connectivity index (χ0v) is 8.91. The minimum atomic E-state index is -0.502. The van der Waals surface area contributed by atoms with Gasteiger partial charge in [0, 0.05) is 17.9 Å². The monoisotopic (exact) mass is 222 g/mol. The molecule has 1 atom stereocenters. The van der Waals surface area contributed by atoms with Crippen molar-refractivity contribution >= 4 is 0 Å². The van der Waals surface area contributed by atoms with E-state index >= 15 is 0 Å². The average Bonchev–Trinajstić information content (AvgIpc) is 2.30.